The summed E-state index contributed by atoms with van der Waals surface area (Å²) in [6.07, 6.45) is 3.65. The van der Waals surface area contributed by atoms with E-state index >= 15 is 0 Å². The number of rotatable bonds is 3. The quantitative estimate of drug-likeness (QED) is 0.841. The number of hydrogen-bond donors (Lipinski definition) is 0. The topological polar surface area (TPSA) is 57.7 Å². The van der Waals surface area contributed by atoms with Crippen molar-refractivity contribution in [3.63, 3.8) is 0 Å². The van der Waals surface area contributed by atoms with Gasteiger partial charge in [-0.3, -0.25) is 4.79 Å². The van der Waals surface area contributed by atoms with Crippen molar-refractivity contribution in [1.29, 1.82) is 0 Å². The van der Waals surface area contributed by atoms with Gasteiger partial charge in [0.05, 0.1) is 10.8 Å². The third kappa shape index (κ3) is 3.35. The molecule has 1 atom stereocenters. The van der Waals surface area contributed by atoms with Crippen LogP contribution < -0.4 is 0 Å². The molecule has 0 unspecified atom stereocenters. The number of nitrogens with zero attached hydrogens (tertiary/aromatic N) is 2. The van der Waals surface area contributed by atoms with Gasteiger partial charge in [0.1, 0.15) is 0 Å². The third-order valence-electron chi connectivity index (χ3n) is 5.11. The fourth-order valence-corrected chi connectivity index (χ4v) is 5.52. The van der Waals surface area contributed by atoms with Gasteiger partial charge in [-0.15, -0.1) is 0 Å². The first-order chi connectivity index (χ1) is 11.4. The number of piperidine rings is 1. The number of carbonyl (C=O) groups is 1. The van der Waals surface area contributed by atoms with Crippen molar-refractivity contribution < 1.29 is 13.2 Å². The summed E-state index contributed by atoms with van der Waals surface area (Å²) in [5.41, 5.74) is 1.69. The lowest BCUT2D eigenvalue weighted by Crippen LogP contribution is -2.46. The Morgan fingerprint density at radius 1 is 1.08 bits per heavy atom. The van der Waals surface area contributed by atoms with Crippen LogP contribution in [-0.2, 0) is 14.8 Å². The van der Waals surface area contributed by atoms with Gasteiger partial charge in [0.2, 0.25) is 15.9 Å². The summed E-state index contributed by atoms with van der Waals surface area (Å²) >= 11 is 0. The van der Waals surface area contributed by atoms with Crippen molar-refractivity contribution in [2.75, 3.05) is 26.2 Å². The van der Waals surface area contributed by atoms with E-state index in [4.69, 9.17) is 0 Å². The van der Waals surface area contributed by atoms with E-state index in [9.17, 15) is 13.2 Å². The van der Waals surface area contributed by atoms with Crippen LogP contribution in [0, 0.1) is 19.8 Å². The zero-order valence-corrected chi connectivity index (χ0v) is 15.3. The van der Waals surface area contributed by atoms with Crippen molar-refractivity contribution in [3.8, 4) is 0 Å². The smallest absolute Gasteiger partial charge is 0.243 e. The summed E-state index contributed by atoms with van der Waals surface area (Å²) in [6.45, 7) is 6.17. The van der Waals surface area contributed by atoms with E-state index in [0.29, 0.717) is 18.0 Å². The van der Waals surface area contributed by atoms with Gasteiger partial charge < -0.3 is 4.90 Å². The molecule has 1 amide bonds. The van der Waals surface area contributed by atoms with Crippen LogP contribution in [0.4, 0.5) is 0 Å². The molecule has 6 heteroatoms. The van der Waals surface area contributed by atoms with Crippen LogP contribution in [0.2, 0.25) is 0 Å². The first-order valence-corrected chi connectivity index (χ1v) is 10.2. The van der Waals surface area contributed by atoms with Gasteiger partial charge in [-0.05, 0) is 56.7 Å². The highest BCUT2D eigenvalue weighted by Gasteiger charge is 2.36. The molecule has 0 N–H and O–H groups in total. The van der Waals surface area contributed by atoms with Gasteiger partial charge in [0, 0.05) is 26.2 Å². The van der Waals surface area contributed by atoms with Gasteiger partial charge in [-0.2, -0.15) is 4.31 Å². The van der Waals surface area contributed by atoms with Crippen LogP contribution >= 0.6 is 0 Å². The van der Waals surface area contributed by atoms with Crippen molar-refractivity contribution in [1.82, 2.24) is 9.21 Å². The second-order valence-corrected chi connectivity index (χ2v) is 8.91. The van der Waals surface area contributed by atoms with Crippen molar-refractivity contribution in [2.24, 2.45) is 5.92 Å². The predicted molar refractivity (Wildman–Crippen MR) is 93.2 cm³/mol. The van der Waals surface area contributed by atoms with Crippen molar-refractivity contribution >= 4 is 15.9 Å². The Balaban J connectivity index is 1.80. The lowest BCUT2D eigenvalue weighted by atomic mass is 9.98. The molecule has 2 aliphatic heterocycles. The van der Waals surface area contributed by atoms with E-state index in [2.05, 4.69) is 0 Å². The van der Waals surface area contributed by atoms with Crippen LogP contribution in [0.3, 0.4) is 0 Å². The Bertz CT molecular complexity index is 724. The molecule has 5 nitrogen and oxygen atoms in total. The zero-order valence-electron chi connectivity index (χ0n) is 14.5. The van der Waals surface area contributed by atoms with E-state index < -0.39 is 10.0 Å². The first kappa shape index (κ1) is 17.4. The molecule has 1 aromatic carbocycles. The molecule has 0 spiro atoms. The average molecular weight is 350 g/mol. The molecule has 2 heterocycles. The first-order valence-electron chi connectivity index (χ1n) is 8.76. The van der Waals surface area contributed by atoms with Gasteiger partial charge in [-0.25, -0.2) is 8.42 Å². The SMILES string of the molecule is Cc1ccc(C)c(S(=O)(=O)N2CCC[C@H](C(=O)N3CCCC3)C2)c1. The van der Waals surface area contributed by atoms with Gasteiger partial charge in [-0.1, -0.05) is 12.1 Å². The zero-order chi connectivity index (χ0) is 17.3. The molecule has 1 aromatic rings. The molecule has 0 radical (unpaired) electrons. The van der Waals surface area contributed by atoms with Crippen molar-refractivity contribution in [2.45, 2.75) is 44.4 Å². The van der Waals surface area contributed by atoms with Crippen molar-refractivity contribution in [3.05, 3.63) is 29.3 Å². The summed E-state index contributed by atoms with van der Waals surface area (Å²) in [6, 6.07) is 5.50. The Kier molecular flexibility index (Phi) is 4.97. The summed E-state index contributed by atoms with van der Waals surface area (Å²) < 4.78 is 27.6. The summed E-state index contributed by atoms with van der Waals surface area (Å²) in [7, 11) is -3.54. The standard InChI is InChI=1S/C18H26N2O3S/c1-14-7-8-15(2)17(12-14)24(22,23)20-11-5-6-16(13-20)18(21)19-9-3-4-10-19/h7-8,12,16H,3-6,9-11,13H2,1-2H3/t16-/m0/s1. The van der Waals surface area contributed by atoms with E-state index in [1.165, 1.54) is 4.31 Å². The van der Waals surface area contributed by atoms with E-state index in [1.54, 1.807) is 6.07 Å². The number of likely N-dealkylation sites (tertiary alicyclic amines) is 1. The average Bonchev–Trinajstić information content (AvgIpc) is 3.11. The number of hydrogen-bond acceptors (Lipinski definition) is 3. The highest BCUT2D eigenvalue weighted by atomic mass is 32.2. The third-order valence-corrected chi connectivity index (χ3v) is 7.12. The fourth-order valence-electron chi connectivity index (χ4n) is 3.68. The van der Waals surface area contributed by atoms with Crippen LogP contribution in [0.5, 0.6) is 0 Å². The monoisotopic (exact) mass is 350 g/mol. The molecule has 132 valence electrons. The minimum absolute atomic E-state index is 0.133. The Labute approximate surface area is 144 Å². The fraction of sp³-hybridized carbons (Fsp3) is 0.611. The second kappa shape index (κ2) is 6.84. The highest BCUT2D eigenvalue weighted by molar-refractivity contribution is 7.89. The summed E-state index contributed by atoms with van der Waals surface area (Å²) in [5.74, 6) is -0.0647. The summed E-state index contributed by atoms with van der Waals surface area (Å²) in [5, 5.41) is 0. The molecule has 0 aliphatic carbocycles. The maximum absolute atomic E-state index is 13.1. The maximum atomic E-state index is 13.1. The Morgan fingerprint density at radius 2 is 1.79 bits per heavy atom. The Hall–Kier alpha value is -1.40. The molecule has 2 saturated heterocycles. The molecule has 0 aromatic heterocycles. The number of sulfonamides is 1. The number of carbonyl (C=O) groups excluding carboxylic acids is 1. The molecule has 0 saturated carbocycles. The number of aryl methyl sites for hydroxylation is 2. The molecular formula is C18H26N2O3S. The van der Waals surface area contributed by atoms with Crippen LogP contribution in [0.1, 0.15) is 36.8 Å². The lowest BCUT2D eigenvalue weighted by Gasteiger charge is -2.33. The molecule has 2 fully saturated rings. The Morgan fingerprint density at radius 3 is 2.50 bits per heavy atom. The maximum Gasteiger partial charge on any atom is 0.243 e. The van der Waals surface area contributed by atoms with Crippen LogP contribution in [0.25, 0.3) is 0 Å². The van der Waals surface area contributed by atoms with Gasteiger partial charge in [0.15, 0.2) is 0 Å². The highest BCUT2D eigenvalue weighted by Crippen LogP contribution is 2.28. The minimum atomic E-state index is -3.54. The summed E-state index contributed by atoms with van der Waals surface area (Å²) in [4.78, 5) is 14.9. The van der Waals surface area contributed by atoms with E-state index in [-0.39, 0.29) is 11.8 Å². The van der Waals surface area contributed by atoms with E-state index in [1.807, 2.05) is 30.9 Å². The predicted octanol–water partition coefficient (Wildman–Crippen LogP) is 2.33. The molecule has 24 heavy (non-hydrogen) atoms. The number of amides is 1. The normalized spacial score (nSPS) is 22.8. The lowest BCUT2D eigenvalue weighted by molar-refractivity contribution is -0.135. The molecule has 3 rings (SSSR count). The molecule has 2 aliphatic rings. The number of benzene rings is 1. The second-order valence-electron chi connectivity index (χ2n) is 7.00. The largest absolute Gasteiger partial charge is 0.342 e. The molecule has 0 bridgehead atoms. The molecular weight excluding hydrogens is 324 g/mol. The van der Waals surface area contributed by atoms with Gasteiger partial charge >= 0.3 is 0 Å². The van der Waals surface area contributed by atoms with Gasteiger partial charge in [0.25, 0.3) is 0 Å². The van der Waals surface area contributed by atoms with Crippen LogP contribution in [-0.4, -0.2) is 49.7 Å². The van der Waals surface area contributed by atoms with Crippen LogP contribution in [0.15, 0.2) is 23.1 Å². The minimum Gasteiger partial charge on any atom is -0.342 e. The van der Waals surface area contributed by atoms with E-state index in [0.717, 1.165) is 49.9 Å².